The predicted molar refractivity (Wildman–Crippen MR) is 121 cm³/mol. The van der Waals surface area contributed by atoms with E-state index in [0.29, 0.717) is 13.0 Å². The van der Waals surface area contributed by atoms with Gasteiger partial charge in [-0.05, 0) is 55.7 Å². The SMILES string of the molecule is CC1CCCCC12NC(=O)N(CC(=O)N(C)CCCC1CC(c3cccc(F)c3)NN1)C2=O. The van der Waals surface area contributed by atoms with Crippen LogP contribution in [-0.2, 0) is 9.59 Å². The molecule has 3 aliphatic rings. The Morgan fingerprint density at radius 3 is 2.85 bits per heavy atom. The average Bonchev–Trinajstić information content (AvgIpc) is 3.35. The number of likely N-dealkylation sites (N-methyl/N-ethyl adjacent to an activating group) is 1. The van der Waals surface area contributed by atoms with E-state index in [1.54, 1.807) is 24.1 Å². The smallest absolute Gasteiger partial charge is 0.325 e. The predicted octanol–water partition coefficient (Wildman–Crippen LogP) is 2.47. The van der Waals surface area contributed by atoms with E-state index in [1.165, 1.54) is 6.07 Å². The van der Waals surface area contributed by atoms with E-state index in [1.807, 2.05) is 13.0 Å². The van der Waals surface area contributed by atoms with Crippen molar-refractivity contribution in [3.8, 4) is 0 Å². The first-order valence-electron chi connectivity index (χ1n) is 11.9. The summed E-state index contributed by atoms with van der Waals surface area (Å²) in [6.45, 7) is 2.31. The molecular formula is C24H34FN5O3. The van der Waals surface area contributed by atoms with Crippen LogP contribution < -0.4 is 16.2 Å². The number of nitrogens with one attached hydrogen (secondary N) is 3. The largest absolute Gasteiger partial charge is 0.344 e. The van der Waals surface area contributed by atoms with Gasteiger partial charge < -0.3 is 10.2 Å². The second-order valence-corrected chi connectivity index (χ2v) is 9.73. The number of halogens is 1. The fraction of sp³-hybridized carbons (Fsp3) is 0.625. The van der Waals surface area contributed by atoms with Crippen LogP contribution in [0, 0.1) is 11.7 Å². The van der Waals surface area contributed by atoms with E-state index in [0.717, 1.165) is 49.0 Å². The van der Waals surface area contributed by atoms with Gasteiger partial charge in [-0.2, -0.15) is 0 Å². The van der Waals surface area contributed by atoms with Gasteiger partial charge in [0, 0.05) is 25.7 Å². The normalized spacial score (nSPS) is 29.5. The molecule has 4 rings (SSSR count). The fourth-order valence-corrected chi connectivity index (χ4v) is 5.35. The Balaban J connectivity index is 1.23. The molecule has 4 atom stereocenters. The van der Waals surface area contributed by atoms with Crippen LogP contribution in [0.4, 0.5) is 9.18 Å². The zero-order valence-electron chi connectivity index (χ0n) is 19.4. The average molecular weight is 460 g/mol. The van der Waals surface area contributed by atoms with Crippen molar-refractivity contribution in [3.05, 3.63) is 35.6 Å². The van der Waals surface area contributed by atoms with Gasteiger partial charge in [0.15, 0.2) is 0 Å². The molecule has 4 unspecified atom stereocenters. The van der Waals surface area contributed by atoms with Crippen molar-refractivity contribution in [3.63, 3.8) is 0 Å². The minimum Gasteiger partial charge on any atom is -0.344 e. The Hall–Kier alpha value is -2.52. The van der Waals surface area contributed by atoms with Crippen LogP contribution in [0.15, 0.2) is 24.3 Å². The summed E-state index contributed by atoms with van der Waals surface area (Å²) in [5.74, 6) is -0.670. The molecule has 8 nitrogen and oxygen atoms in total. The van der Waals surface area contributed by atoms with Gasteiger partial charge in [0.25, 0.3) is 5.91 Å². The summed E-state index contributed by atoms with van der Waals surface area (Å²) in [5, 5.41) is 2.89. The number of amides is 4. The number of rotatable bonds is 7. The summed E-state index contributed by atoms with van der Waals surface area (Å²) in [5.41, 5.74) is 6.54. The van der Waals surface area contributed by atoms with Crippen LogP contribution in [0.5, 0.6) is 0 Å². The Labute approximate surface area is 194 Å². The molecule has 9 heteroatoms. The highest BCUT2D eigenvalue weighted by Gasteiger charge is 2.55. The van der Waals surface area contributed by atoms with Crippen LogP contribution in [0.25, 0.3) is 0 Å². The van der Waals surface area contributed by atoms with Crippen LogP contribution in [0.2, 0.25) is 0 Å². The molecule has 3 N–H and O–H groups in total. The van der Waals surface area contributed by atoms with E-state index in [2.05, 4.69) is 16.2 Å². The summed E-state index contributed by atoms with van der Waals surface area (Å²) in [6.07, 6.45) is 5.96. The minimum atomic E-state index is -0.840. The molecule has 1 aliphatic carbocycles. The van der Waals surface area contributed by atoms with E-state index < -0.39 is 11.6 Å². The number of urea groups is 1. The van der Waals surface area contributed by atoms with Gasteiger partial charge in [-0.3, -0.25) is 25.3 Å². The van der Waals surface area contributed by atoms with Crippen LogP contribution in [0.3, 0.4) is 0 Å². The third-order valence-corrected chi connectivity index (χ3v) is 7.50. The van der Waals surface area contributed by atoms with Crippen LogP contribution in [0.1, 0.15) is 63.5 Å². The second-order valence-electron chi connectivity index (χ2n) is 9.73. The molecule has 2 heterocycles. The Bertz CT molecular complexity index is 912. The van der Waals surface area contributed by atoms with E-state index >= 15 is 0 Å². The quantitative estimate of drug-likeness (QED) is 0.545. The molecule has 1 saturated carbocycles. The van der Waals surface area contributed by atoms with Gasteiger partial charge in [-0.25, -0.2) is 9.18 Å². The maximum Gasteiger partial charge on any atom is 0.325 e. The van der Waals surface area contributed by atoms with Crippen molar-refractivity contribution in [2.24, 2.45) is 5.92 Å². The molecule has 1 aromatic carbocycles. The highest BCUT2D eigenvalue weighted by molar-refractivity contribution is 6.09. The molecule has 0 radical (unpaired) electrons. The van der Waals surface area contributed by atoms with Gasteiger partial charge in [0.1, 0.15) is 17.9 Å². The number of imide groups is 1. The molecule has 3 fully saturated rings. The van der Waals surface area contributed by atoms with E-state index in [9.17, 15) is 18.8 Å². The fourth-order valence-electron chi connectivity index (χ4n) is 5.35. The summed E-state index contributed by atoms with van der Waals surface area (Å²) < 4.78 is 13.5. The molecule has 1 spiro atoms. The standard InChI is InChI=1S/C24H34FN5O3/c1-16-7-3-4-11-24(16)22(32)30(23(33)26-24)15-21(31)29(2)12-6-10-19-14-20(28-27-19)17-8-5-9-18(25)13-17/h5,8-9,13,16,19-20,27-28H,3-4,6-7,10-12,14-15H2,1-2H3,(H,26,33). The Kier molecular flexibility index (Phi) is 6.99. The van der Waals surface area contributed by atoms with Crippen molar-refractivity contribution in [1.29, 1.82) is 0 Å². The topological polar surface area (TPSA) is 93.8 Å². The van der Waals surface area contributed by atoms with Crippen molar-refractivity contribution in [1.82, 2.24) is 26.0 Å². The minimum absolute atomic E-state index is 0.0549. The molecule has 33 heavy (non-hydrogen) atoms. The third kappa shape index (κ3) is 4.89. The Morgan fingerprint density at radius 2 is 2.09 bits per heavy atom. The molecule has 0 aromatic heterocycles. The number of hydrogen-bond donors (Lipinski definition) is 3. The first-order chi connectivity index (χ1) is 15.8. The zero-order valence-corrected chi connectivity index (χ0v) is 19.4. The molecule has 2 saturated heterocycles. The number of benzene rings is 1. The lowest BCUT2D eigenvalue weighted by atomic mass is 9.73. The summed E-state index contributed by atoms with van der Waals surface area (Å²) >= 11 is 0. The maximum absolute atomic E-state index is 13.5. The van der Waals surface area contributed by atoms with Gasteiger partial charge in [0.05, 0.1) is 0 Å². The first kappa shape index (κ1) is 23.6. The lowest BCUT2D eigenvalue weighted by Gasteiger charge is -2.36. The molecule has 4 amide bonds. The van der Waals surface area contributed by atoms with E-state index in [-0.39, 0.29) is 42.2 Å². The summed E-state index contributed by atoms with van der Waals surface area (Å²) in [7, 11) is 1.70. The molecule has 180 valence electrons. The van der Waals surface area contributed by atoms with Gasteiger partial charge in [-0.15, -0.1) is 0 Å². The Morgan fingerprint density at radius 1 is 1.27 bits per heavy atom. The maximum atomic E-state index is 13.5. The number of hydrogen-bond acceptors (Lipinski definition) is 5. The first-order valence-corrected chi connectivity index (χ1v) is 11.9. The lowest BCUT2D eigenvalue weighted by molar-refractivity contribution is -0.140. The zero-order chi connectivity index (χ0) is 23.6. The highest BCUT2D eigenvalue weighted by atomic mass is 19.1. The van der Waals surface area contributed by atoms with Crippen molar-refractivity contribution in [2.75, 3.05) is 20.1 Å². The van der Waals surface area contributed by atoms with Crippen LogP contribution in [-0.4, -0.2) is 59.4 Å². The molecular weight excluding hydrogens is 425 g/mol. The van der Waals surface area contributed by atoms with Gasteiger partial charge in [-0.1, -0.05) is 31.9 Å². The lowest BCUT2D eigenvalue weighted by Crippen LogP contribution is -2.54. The van der Waals surface area contributed by atoms with Crippen molar-refractivity contribution < 1.29 is 18.8 Å². The highest BCUT2D eigenvalue weighted by Crippen LogP contribution is 2.38. The number of hydrazine groups is 1. The van der Waals surface area contributed by atoms with Crippen molar-refractivity contribution in [2.45, 2.75) is 69.5 Å². The number of carbonyl (C=O) groups excluding carboxylic acids is 3. The summed E-state index contributed by atoms with van der Waals surface area (Å²) in [6, 6.07) is 6.42. The van der Waals surface area contributed by atoms with Gasteiger partial charge >= 0.3 is 6.03 Å². The third-order valence-electron chi connectivity index (χ3n) is 7.50. The number of carbonyl (C=O) groups is 3. The van der Waals surface area contributed by atoms with Crippen molar-refractivity contribution >= 4 is 17.8 Å². The monoisotopic (exact) mass is 459 g/mol. The van der Waals surface area contributed by atoms with Gasteiger partial charge in [0.2, 0.25) is 5.91 Å². The molecule has 0 bridgehead atoms. The number of nitrogens with zero attached hydrogens (tertiary/aromatic N) is 2. The molecule has 1 aromatic rings. The molecule has 2 aliphatic heterocycles. The summed E-state index contributed by atoms with van der Waals surface area (Å²) in [4.78, 5) is 41.0. The van der Waals surface area contributed by atoms with Crippen LogP contribution >= 0.6 is 0 Å². The second kappa shape index (κ2) is 9.77. The van der Waals surface area contributed by atoms with E-state index in [4.69, 9.17) is 0 Å².